The van der Waals surface area contributed by atoms with Gasteiger partial charge in [0.25, 0.3) is 0 Å². The van der Waals surface area contributed by atoms with E-state index in [9.17, 15) is 0 Å². The van der Waals surface area contributed by atoms with Crippen molar-refractivity contribution in [1.82, 2.24) is 15.1 Å². The lowest BCUT2D eigenvalue weighted by molar-refractivity contribution is 0.357. The van der Waals surface area contributed by atoms with Gasteiger partial charge in [-0.3, -0.25) is 4.68 Å². The Morgan fingerprint density at radius 1 is 1.19 bits per heavy atom. The molecule has 1 aromatic heterocycles. The average Bonchev–Trinajstić information content (AvgIpc) is 3.04. The van der Waals surface area contributed by atoms with Crippen LogP contribution in [-0.2, 0) is 6.42 Å². The smallest absolute Gasteiger partial charge is 0.0627 e. The number of hydrogen-bond acceptors (Lipinski definition) is 2. The van der Waals surface area contributed by atoms with Crippen LogP contribution >= 0.6 is 0 Å². The maximum absolute atomic E-state index is 4.85. The molecule has 3 rings (SSSR count). The van der Waals surface area contributed by atoms with Crippen molar-refractivity contribution in [2.24, 2.45) is 11.8 Å². The van der Waals surface area contributed by atoms with Crippen LogP contribution in [0.2, 0.25) is 0 Å². The number of rotatable bonds is 8. The summed E-state index contributed by atoms with van der Waals surface area (Å²) in [5, 5.41) is 8.58. The Morgan fingerprint density at radius 3 is 2.67 bits per heavy atom. The van der Waals surface area contributed by atoms with E-state index in [1.54, 1.807) is 0 Å². The number of aromatic nitrogens is 2. The fourth-order valence-corrected chi connectivity index (χ4v) is 3.88. The first-order valence-corrected chi connectivity index (χ1v) is 9.07. The molecule has 0 spiro atoms. The van der Waals surface area contributed by atoms with Gasteiger partial charge >= 0.3 is 0 Å². The molecule has 0 amide bonds. The maximum Gasteiger partial charge on any atom is 0.0627 e. The number of hydrogen-bond donors (Lipinski definition) is 1. The van der Waals surface area contributed by atoms with Gasteiger partial charge in [-0.15, -0.1) is 0 Å². The van der Waals surface area contributed by atoms with Gasteiger partial charge in [-0.05, 0) is 69.4 Å². The molecule has 0 aliphatic heterocycles. The van der Waals surface area contributed by atoms with Gasteiger partial charge in [0.1, 0.15) is 0 Å². The summed E-state index contributed by atoms with van der Waals surface area (Å²) in [5.74, 6) is 1.73. The minimum atomic E-state index is 0.578. The van der Waals surface area contributed by atoms with Gasteiger partial charge < -0.3 is 5.32 Å². The lowest BCUT2D eigenvalue weighted by Crippen LogP contribution is -2.27. The molecule has 2 aliphatic carbocycles. The van der Waals surface area contributed by atoms with Crippen molar-refractivity contribution < 1.29 is 0 Å². The number of nitrogens with zero attached hydrogens (tertiary/aromatic N) is 2. The van der Waals surface area contributed by atoms with Crippen LogP contribution in [0, 0.1) is 11.8 Å². The second-order valence-electron chi connectivity index (χ2n) is 7.10. The summed E-state index contributed by atoms with van der Waals surface area (Å²) in [6, 6.07) is 3.68. The molecule has 2 unspecified atom stereocenters. The molecule has 0 bridgehead atoms. The lowest BCUT2D eigenvalue weighted by Gasteiger charge is -2.19. The summed E-state index contributed by atoms with van der Waals surface area (Å²) >= 11 is 0. The Hall–Kier alpha value is -0.830. The first-order chi connectivity index (χ1) is 10.3. The molecule has 2 fully saturated rings. The Morgan fingerprint density at radius 2 is 1.95 bits per heavy atom. The molecular formula is C18H31N3. The highest BCUT2D eigenvalue weighted by molar-refractivity contribution is 5.03. The third-order valence-corrected chi connectivity index (χ3v) is 5.51. The Labute approximate surface area is 129 Å². The molecule has 2 atom stereocenters. The highest BCUT2D eigenvalue weighted by atomic mass is 15.3. The molecule has 1 aromatic rings. The molecule has 3 heteroatoms. The summed E-state index contributed by atoms with van der Waals surface area (Å²) in [6.45, 7) is 5.75. The van der Waals surface area contributed by atoms with Crippen LogP contribution in [0.1, 0.15) is 70.5 Å². The summed E-state index contributed by atoms with van der Waals surface area (Å²) in [7, 11) is 0. The third kappa shape index (κ3) is 3.88. The van der Waals surface area contributed by atoms with Crippen LogP contribution in [0.15, 0.2) is 12.3 Å². The van der Waals surface area contributed by atoms with Gasteiger partial charge in [0.15, 0.2) is 0 Å². The van der Waals surface area contributed by atoms with Gasteiger partial charge in [-0.25, -0.2) is 0 Å². The molecular weight excluding hydrogens is 258 g/mol. The normalized spacial score (nSPS) is 25.9. The van der Waals surface area contributed by atoms with Gasteiger partial charge in [0.05, 0.1) is 11.7 Å². The molecule has 0 saturated heterocycles. The fourth-order valence-electron chi connectivity index (χ4n) is 3.88. The predicted molar refractivity (Wildman–Crippen MR) is 87.4 cm³/mol. The predicted octanol–water partition coefficient (Wildman–Crippen LogP) is 3.96. The van der Waals surface area contributed by atoms with Crippen molar-refractivity contribution in [3.05, 3.63) is 18.0 Å². The Kier molecular flexibility index (Phi) is 4.99. The molecule has 0 radical (unpaired) electrons. The van der Waals surface area contributed by atoms with Crippen LogP contribution in [0.4, 0.5) is 0 Å². The van der Waals surface area contributed by atoms with Crippen LogP contribution in [0.3, 0.4) is 0 Å². The van der Waals surface area contributed by atoms with E-state index in [1.807, 2.05) is 0 Å². The third-order valence-electron chi connectivity index (χ3n) is 5.51. The largest absolute Gasteiger partial charge is 0.314 e. The van der Waals surface area contributed by atoms with Crippen molar-refractivity contribution in [2.75, 3.05) is 6.54 Å². The van der Waals surface area contributed by atoms with Crippen molar-refractivity contribution in [1.29, 1.82) is 0 Å². The lowest BCUT2D eigenvalue weighted by atomic mass is 9.91. The van der Waals surface area contributed by atoms with Crippen LogP contribution in [-0.4, -0.2) is 22.4 Å². The highest BCUT2D eigenvalue weighted by Gasteiger charge is 2.30. The summed E-state index contributed by atoms with van der Waals surface area (Å²) < 4.78 is 2.20. The first kappa shape index (κ1) is 15.1. The maximum atomic E-state index is 4.85. The van der Waals surface area contributed by atoms with E-state index in [0.717, 1.165) is 17.9 Å². The zero-order chi connectivity index (χ0) is 14.7. The van der Waals surface area contributed by atoms with Crippen LogP contribution in [0.5, 0.6) is 0 Å². The second-order valence-corrected chi connectivity index (χ2v) is 7.10. The molecule has 2 aliphatic rings. The molecule has 2 saturated carbocycles. The Balaban J connectivity index is 1.54. The standard InChI is InChI=1S/C18H31N3/c1-3-18(4-2)21-11-10-17(20-21)12-14-6-5-7-15(14)13-19-16-8-9-16/h10-11,14-16,18-19H,3-9,12-13H2,1-2H3. The van der Waals surface area contributed by atoms with Crippen molar-refractivity contribution in [3.63, 3.8) is 0 Å². The van der Waals surface area contributed by atoms with E-state index in [4.69, 9.17) is 5.10 Å². The summed E-state index contributed by atoms with van der Waals surface area (Å²) in [6.07, 6.45) is 12.8. The molecule has 3 nitrogen and oxygen atoms in total. The van der Waals surface area contributed by atoms with E-state index < -0.39 is 0 Å². The molecule has 0 aromatic carbocycles. The Bertz CT molecular complexity index is 431. The van der Waals surface area contributed by atoms with E-state index in [1.165, 1.54) is 63.6 Å². The summed E-state index contributed by atoms with van der Waals surface area (Å²) in [5.41, 5.74) is 1.31. The first-order valence-electron chi connectivity index (χ1n) is 9.07. The van der Waals surface area contributed by atoms with Gasteiger partial charge in [-0.2, -0.15) is 5.10 Å². The van der Waals surface area contributed by atoms with Crippen LogP contribution < -0.4 is 5.32 Å². The SMILES string of the molecule is CCC(CC)n1ccc(CC2CCCC2CNC2CC2)n1. The molecule has 1 heterocycles. The van der Waals surface area contributed by atoms with E-state index >= 15 is 0 Å². The topological polar surface area (TPSA) is 29.9 Å². The number of nitrogens with one attached hydrogen (secondary N) is 1. The van der Waals surface area contributed by atoms with Crippen molar-refractivity contribution in [2.45, 2.75) is 77.3 Å². The fraction of sp³-hybridized carbons (Fsp3) is 0.833. The zero-order valence-electron chi connectivity index (χ0n) is 13.7. The van der Waals surface area contributed by atoms with Gasteiger partial charge in [-0.1, -0.05) is 20.3 Å². The van der Waals surface area contributed by atoms with Crippen LogP contribution in [0.25, 0.3) is 0 Å². The quantitative estimate of drug-likeness (QED) is 0.785. The summed E-state index contributed by atoms with van der Waals surface area (Å²) in [4.78, 5) is 0. The minimum Gasteiger partial charge on any atom is -0.314 e. The van der Waals surface area contributed by atoms with Crippen molar-refractivity contribution >= 4 is 0 Å². The molecule has 21 heavy (non-hydrogen) atoms. The van der Waals surface area contributed by atoms with E-state index in [-0.39, 0.29) is 0 Å². The van der Waals surface area contributed by atoms with Gasteiger partial charge in [0.2, 0.25) is 0 Å². The second kappa shape index (κ2) is 6.95. The van der Waals surface area contributed by atoms with E-state index in [0.29, 0.717) is 6.04 Å². The minimum absolute atomic E-state index is 0.578. The zero-order valence-corrected chi connectivity index (χ0v) is 13.7. The monoisotopic (exact) mass is 289 g/mol. The van der Waals surface area contributed by atoms with Gasteiger partial charge in [0, 0.05) is 12.2 Å². The van der Waals surface area contributed by atoms with E-state index in [2.05, 4.69) is 36.1 Å². The molecule has 1 N–H and O–H groups in total. The molecule has 118 valence electrons. The average molecular weight is 289 g/mol. The highest BCUT2D eigenvalue weighted by Crippen LogP contribution is 2.34. The van der Waals surface area contributed by atoms with Crippen molar-refractivity contribution in [3.8, 4) is 0 Å².